The first-order valence-electron chi connectivity index (χ1n) is 7.97. The third kappa shape index (κ3) is 5.29. The Bertz CT molecular complexity index is 475. The summed E-state index contributed by atoms with van der Waals surface area (Å²) in [6, 6.07) is 7.59. The number of amides is 1. The molecule has 1 aliphatic heterocycles. The predicted molar refractivity (Wildman–Crippen MR) is 93.6 cm³/mol. The first kappa shape index (κ1) is 19.6. The Hall–Kier alpha value is -1.46. The highest BCUT2D eigenvalue weighted by atomic mass is 35.5. The molecule has 23 heavy (non-hydrogen) atoms. The number of nitrogens with zero attached hydrogens (tertiary/aromatic N) is 1. The van der Waals surface area contributed by atoms with Gasteiger partial charge in [0.05, 0.1) is 7.11 Å². The van der Waals surface area contributed by atoms with Crippen LogP contribution in [0.2, 0.25) is 0 Å². The van der Waals surface area contributed by atoms with Gasteiger partial charge in [0.15, 0.2) is 6.10 Å². The van der Waals surface area contributed by atoms with E-state index in [0.717, 1.165) is 38.2 Å². The highest BCUT2D eigenvalue weighted by molar-refractivity contribution is 5.85. The van der Waals surface area contributed by atoms with E-state index in [0.29, 0.717) is 5.75 Å². The maximum absolute atomic E-state index is 12.7. The van der Waals surface area contributed by atoms with Crippen molar-refractivity contribution in [1.82, 2.24) is 10.2 Å². The summed E-state index contributed by atoms with van der Waals surface area (Å²) in [5.41, 5.74) is 0. The molecule has 0 spiro atoms. The highest BCUT2D eigenvalue weighted by Gasteiger charge is 2.29. The molecule has 1 N–H and O–H groups in total. The molecule has 2 atom stereocenters. The number of hydrogen-bond acceptors (Lipinski definition) is 4. The van der Waals surface area contributed by atoms with E-state index in [4.69, 9.17) is 9.47 Å². The lowest BCUT2D eigenvalue weighted by molar-refractivity contribution is -0.140. The number of hydrogen-bond donors (Lipinski definition) is 1. The van der Waals surface area contributed by atoms with Gasteiger partial charge in [-0.05, 0) is 50.6 Å². The van der Waals surface area contributed by atoms with Crippen LogP contribution in [0.3, 0.4) is 0 Å². The number of ether oxygens (including phenoxy) is 2. The van der Waals surface area contributed by atoms with E-state index in [2.05, 4.69) is 12.2 Å². The van der Waals surface area contributed by atoms with Gasteiger partial charge in [-0.2, -0.15) is 0 Å². The summed E-state index contributed by atoms with van der Waals surface area (Å²) in [6.07, 6.45) is 1.49. The summed E-state index contributed by atoms with van der Waals surface area (Å²) in [7, 11) is 1.63. The van der Waals surface area contributed by atoms with Gasteiger partial charge in [-0.25, -0.2) is 0 Å². The van der Waals surface area contributed by atoms with Crippen LogP contribution in [0.1, 0.15) is 26.7 Å². The monoisotopic (exact) mass is 342 g/mol. The lowest BCUT2D eigenvalue weighted by Crippen LogP contribution is -2.47. The molecule has 1 aromatic rings. The van der Waals surface area contributed by atoms with Gasteiger partial charge in [0, 0.05) is 19.1 Å². The predicted octanol–water partition coefficient (Wildman–Crippen LogP) is 2.48. The summed E-state index contributed by atoms with van der Waals surface area (Å²) >= 11 is 0. The number of benzene rings is 1. The SMILES string of the molecule is CCCN(C(=O)C(C)Oc1ccc(OC)cc1)C1CCNC1.Cl. The van der Waals surface area contributed by atoms with Crippen LogP contribution in [-0.4, -0.2) is 49.7 Å². The van der Waals surface area contributed by atoms with Gasteiger partial charge in [-0.3, -0.25) is 4.79 Å². The van der Waals surface area contributed by atoms with Crippen LogP contribution in [0.4, 0.5) is 0 Å². The molecule has 0 saturated carbocycles. The van der Waals surface area contributed by atoms with Crippen LogP contribution in [0.15, 0.2) is 24.3 Å². The Morgan fingerprint density at radius 3 is 2.52 bits per heavy atom. The zero-order valence-electron chi connectivity index (χ0n) is 14.1. The molecule has 2 unspecified atom stereocenters. The number of halogens is 1. The fourth-order valence-electron chi connectivity index (χ4n) is 2.76. The number of carbonyl (C=O) groups excluding carboxylic acids is 1. The van der Waals surface area contributed by atoms with Crippen molar-refractivity contribution in [3.8, 4) is 11.5 Å². The molecule has 1 amide bonds. The number of carbonyl (C=O) groups is 1. The zero-order valence-corrected chi connectivity index (χ0v) is 14.9. The second-order valence-corrected chi connectivity index (χ2v) is 5.61. The molecule has 1 aliphatic rings. The topological polar surface area (TPSA) is 50.8 Å². The number of rotatable bonds is 7. The van der Waals surface area contributed by atoms with Gasteiger partial charge in [-0.1, -0.05) is 6.92 Å². The molecule has 6 heteroatoms. The van der Waals surface area contributed by atoms with E-state index >= 15 is 0 Å². The summed E-state index contributed by atoms with van der Waals surface area (Å²) in [6.45, 7) is 6.55. The molecule has 0 aliphatic carbocycles. The van der Waals surface area contributed by atoms with E-state index in [1.165, 1.54) is 0 Å². The minimum absolute atomic E-state index is 0. The van der Waals surface area contributed by atoms with E-state index in [9.17, 15) is 4.79 Å². The quantitative estimate of drug-likeness (QED) is 0.827. The van der Waals surface area contributed by atoms with Crippen LogP contribution in [0.5, 0.6) is 11.5 Å². The summed E-state index contributed by atoms with van der Waals surface area (Å²) in [5.74, 6) is 1.52. The summed E-state index contributed by atoms with van der Waals surface area (Å²) in [4.78, 5) is 14.7. The van der Waals surface area contributed by atoms with Crippen molar-refractivity contribution >= 4 is 18.3 Å². The molecular formula is C17H27ClN2O3. The van der Waals surface area contributed by atoms with Gasteiger partial charge in [0.2, 0.25) is 0 Å². The van der Waals surface area contributed by atoms with Gasteiger partial charge in [0.25, 0.3) is 5.91 Å². The molecule has 0 radical (unpaired) electrons. The minimum Gasteiger partial charge on any atom is -0.497 e. The Morgan fingerprint density at radius 1 is 1.35 bits per heavy atom. The first-order valence-corrected chi connectivity index (χ1v) is 7.97. The minimum atomic E-state index is -0.486. The summed E-state index contributed by atoms with van der Waals surface area (Å²) in [5, 5.41) is 3.32. The lowest BCUT2D eigenvalue weighted by atomic mass is 10.2. The molecule has 2 rings (SSSR count). The third-order valence-corrected chi connectivity index (χ3v) is 3.94. The largest absolute Gasteiger partial charge is 0.497 e. The van der Waals surface area contributed by atoms with Crippen molar-refractivity contribution in [3.05, 3.63) is 24.3 Å². The second kappa shape index (κ2) is 9.63. The van der Waals surface area contributed by atoms with Crippen LogP contribution >= 0.6 is 12.4 Å². The van der Waals surface area contributed by atoms with Crippen molar-refractivity contribution in [1.29, 1.82) is 0 Å². The van der Waals surface area contributed by atoms with Crippen molar-refractivity contribution in [3.63, 3.8) is 0 Å². The second-order valence-electron chi connectivity index (χ2n) is 5.61. The average Bonchev–Trinajstić information content (AvgIpc) is 3.06. The van der Waals surface area contributed by atoms with Crippen LogP contribution in [0, 0.1) is 0 Å². The first-order chi connectivity index (χ1) is 10.7. The van der Waals surface area contributed by atoms with Gasteiger partial charge in [0.1, 0.15) is 11.5 Å². The Labute approximate surface area is 144 Å². The van der Waals surface area contributed by atoms with Crippen LogP contribution in [-0.2, 0) is 4.79 Å². The van der Waals surface area contributed by atoms with Crippen molar-refractivity contribution in [2.45, 2.75) is 38.8 Å². The molecule has 0 aromatic heterocycles. The number of methoxy groups -OCH3 is 1. The Balaban J connectivity index is 0.00000264. The maximum atomic E-state index is 12.7. The van der Waals surface area contributed by atoms with E-state index in [1.54, 1.807) is 7.11 Å². The summed E-state index contributed by atoms with van der Waals surface area (Å²) < 4.78 is 10.9. The van der Waals surface area contributed by atoms with Gasteiger partial charge < -0.3 is 19.7 Å². The van der Waals surface area contributed by atoms with Crippen LogP contribution < -0.4 is 14.8 Å². The van der Waals surface area contributed by atoms with Crippen LogP contribution in [0.25, 0.3) is 0 Å². The molecule has 1 heterocycles. The van der Waals surface area contributed by atoms with E-state index in [1.807, 2.05) is 36.1 Å². The molecular weight excluding hydrogens is 316 g/mol. The molecule has 1 aromatic carbocycles. The Morgan fingerprint density at radius 2 is 2.00 bits per heavy atom. The fraction of sp³-hybridized carbons (Fsp3) is 0.588. The molecule has 0 bridgehead atoms. The van der Waals surface area contributed by atoms with Crippen molar-refractivity contribution < 1.29 is 14.3 Å². The normalized spacial score (nSPS) is 18.0. The van der Waals surface area contributed by atoms with Gasteiger partial charge in [-0.15, -0.1) is 12.4 Å². The zero-order chi connectivity index (χ0) is 15.9. The van der Waals surface area contributed by atoms with E-state index < -0.39 is 6.10 Å². The number of nitrogens with one attached hydrogen (secondary N) is 1. The highest BCUT2D eigenvalue weighted by Crippen LogP contribution is 2.19. The van der Waals surface area contributed by atoms with Crippen molar-refractivity contribution in [2.24, 2.45) is 0 Å². The average molecular weight is 343 g/mol. The Kier molecular flexibility index (Phi) is 8.20. The smallest absolute Gasteiger partial charge is 0.263 e. The lowest BCUT2D eigenvalue weighted by Gasteiger charge is -2.30. The standard InChI is InChI=1S/C17H26N2O3.ClH/c1-4-11-19(14-9-10-18-12-14)17(20)13(2)22-16-7-5-15(21-3)6-8-16;/h5-8,13-14,18H,4,9-12H2,1-3H3;1H. The molecule has 130 valence electrons. The third-order valence-electron chi connectivity index (χ3n) is 3.94. The van der Waals surface area contributed by atoms with E-state index in [-0.39, 0.29) is 24.4 Å². The molecule has 1 saturated heterocycles. The molecule has 1 fully saturated rings. The van der Waals surface area contributed by atoms with Crippen molar-refractivity contribution in [2.75, 3.05) is 26.7 Å². The van der Waals surface area contributed by atoms with Gasteiger partial charge >= 0.3 is 0 Å². The maximum Gasteiger partial charge on any atom is 0.263 e. The fourth-order valence-corrected chi connectivity index (χ4v) is 2.76. The molecule has 5 nitrogen and oxygen atoms in total.